The summed E-state index contributed by atoms with van der Waals surface area (Å²) in [6.07, 6.45) is 2.12. The number of halogens is 1. The first-order valence-corrected chi connectivity index (χ1v) is 4.43. The van der Waals surface area contributed by atoms with Gasteiger partial charge in [0.25, 0.3) is 0 Å². The molecule has 0 heterocycles. The standard InChI is InChI=1S/C8H16ClNO/c1-4-5-6-10(7(2)3)8(9)11/h7H,4-6H2,1-3H3. The zero-order valence-electron chi connectivity index (χ0n) is 7.43. The average Bonchev–Trinajstić information content (AvgIpc) is 1.87. The average molecular weight is 178 g/mol. The zero-order chi connectivity index (χ0) is 8.85. The third-order valence-corrected chi connectivity index (χ3v) is 1.82. The van der Waals surface area contributed by atoms with Crippen LogP contribution in [0.4, 0.5) is 4.79 Å². The molecule has 0 atom stereocenters. The van der Waals surface area contributed by atoms with Crippen molar-refractivity contribution >= 4 is 17.0 Å². The maximum atomic E-state index is 10.8. The monoisotopic (exact) mass is 177 g/mol. The smallest absolute Gasteiger partial charge is 0.316 e. The van der Waals surface area contributed by atoms with Crippen molar-refractivity contribution in [3.8, 4) is 0 Å². The summed E-state index contributed by atoms with van der Waals surface area (Å²) in [7, 11) is 0. The summed E-state index contributed by atoms with van der Waals surface area (Å²) in [6, 6.07) is 0.214. The second-order valence-corrected chi connectivity index (χ2v) is 3.22. The van der Waals surface area contributed by atoms with E-state index in [4.69, 9.17) is 11.6 Å². The largest absolute Gasteiger partial charge is 0.327 e. The molecule has 0 N–H and O–H groups in total. The van der Waals surface area contributed by atoms with Gasteiger partial charge in [0.2, 0.25) is 0 Å². The highest BCUT2D eigenvalue weighted by Crippen LogP contribution is 2.05. The van der Waals surface area contributed by atoms with Crippen LogP contribution in [-0.4, -0.2) is 22.9 Å². The minimum atomic E-state index is -0.339. The van der Waals surface area contributed by atoms with Gasteiger partial charge in [-0.05, 0) is 31.9 Å². The number of carbonyl (C=O) groups is 1. The molecule has 0 aromatic heterocycles. The number of unbranched alkanes of at least 4 members (excludes halogenated alkanes) is 1. The van der Waals surface area contributed by atoms with Gasteiger partial charge >= 0.3 is 5.37 Å². The molecule has 2 nitrogen and oxygen atoms in total. The molecule has 0 aliphatic heterocycles. The number of rotatable bonds is 4. The van der Waals surface area contributed by atoms with E-state index in [1.165, 1.54) is 0 Å². The Hall–Kier alpha value is -0.240. The molecule has 11 heavy (non-hydrogen) atoms. The Morgan fingerprint density at radius 2 is 2.09 bits per heavy atom. The molecule has 0 spiro atoms. The van der Waals surface area contributed by atoms with Gasteiger partial charge in [-0.1, -0.05) is 13.3 Å². The van der Waals surface area contributed by atoms with Crippen molar-refractivity contribution in [2.24, 2.45) is 0 Å². The van der Waals surface area contributed by atoms with Crippen molar-refractivity contribution in [3.63, 3.8) is 0 Å². The number of hydrogen-bond acceptors (Lipinski definition) is 1. The predicted octanol–water partition coefficient (Wildman–Crippen LogP) is 2.86. The first-order chi connectivity index (χ1) is 5.09. The van der Waals surface area contributed by atoms with Crippen LogP contribution in [-0.2, 0) is 0 Å². The summed E-state index contributed by atoms with van der Waals surface area (Å²) in [5.74, 6) is 0. The molecule has 0 aliphatic carbocycles. The lowest BCUT2D eigenvalue weighted by atomic mass is 10.3. The highest BCUT2D eigenvalue weighted by atomic mass is 35.5. The lowest BCUT2D eigenvalue weighted by Gasteiger charge is -2.23. The topological polar surface area (TPSA) is 20.3 Å². The van der Waals surface area contributed by atoms with Crippen LogP contribution in [0.15, 0.2) is 0 Å². The van der Waals surface area contributed by atoms with E-state index in [1.54, 1.807) is 4.90 Å². The van der Waals surface area contributed by atoms with E-state index in [9.17, 15) is 4.79 Å². The molecular weight excluding hydrogens is 162 g/mol. The highest BCUT2D eigenvalue weighted by molar-refractivity contribution is 6.62. The van der Waals surface area contributed by atoms with Crippen LogP contribution in [0.25, 0.3) is 0 Å². The summed E-state index contributed by atoms with van der Waals surface area (Å²) in [5.41, 5.74) is 0. The van der Waals surface area contributed by atoms with Crippen LogP contribution in [0, 0.1) is 0 Å². The number of carbonyl (C=O) groups excluding carboxylic acids is 1. The van der Waals surface area contributed by atoms with Crippen molar-refractivity contribution in [3.05, 3.63) is 0 Å². The van der Waals surface area contributed by atoms with Crippen LogP contribution in [0.5, 0.6) is 0 Å². The van der Waals surface area contributed by atoms with E-state index in [0.717, 1.165) is 19.4 Å². The second-order valence-electron chi connectivity index (χ2n) is 2.89. The van der Waals surface area contributed by atoms with Crippen LogP contribution >= 0.6 is 11.6 Å². The van der Waals surface area contributed by atoms with Crippen molar-refractivity contribution in [1.29, 1.82) is 0 Å². The first-order valence-electron chi connectivity index (χ1n) is 4.05. The maximum Gasteiger partial charge on any atom is 0.316 e. The van der Waals surface area contributed by atoms with Gasteiger partial charge in [0.1, 0.15) is 0 Å². The summed E-state index contributed by atoms with van der Waals surface area (Å²) in [5, 5.41) is -0.339. The fourth-order valence-electron chi connectivity index (χ4n) is 0.878. The van der Waals surface area contributed by atoms with E-state index < -0.39 is 0 Å². The Kier molecular flexibility index (Phi) is 5.30. The van der Waals surface area contributed by atoms with Gasteiger partial charge in [-0.15, -0.1) is 0 Å². The Morgan fingerprint density at radius 3 is 2.36 bits per heavy atom. The second kappa shape index (κ2) is 5.42. The third kappa shape index (κ3) is 4.25. The molecule has 1 amide bonds. The molecule has 0 aliphatic rings. The van der Waals surface area contributed by atoms with E-state index in [-0.39, 0.29) is 11.4 Å². The van der Waals surface area contributed by atoms with Gasteiger partial charge in [0, 0.05) is 12.6 Å². The lowest BCUT2D eigenvalue weighted by Crippen LogP contribution is -2.33. The first kappa shape index (κ1) is 10.8. The zero-order valence-corrected chi connectivity index (χ0v) is 8.19. The third-order valence-electron chi connectivity index (χ3n) is 1.60. The van der Waals surface area contributed by atoms with Gasteiger partial charge < -0.3 is 4.90 Å². The number of amides is 1. The normalized spacial score (nSPS) is 10.3. The van der Waals surface area contributed by atoms with Gasteiger partial charge in [0.05, 0.1) is 0 Å². The Bertz CT molecular complexity index is 125. The SMILES string of the molecule is CCCCN(C(=O)Cl)C(C)C. The molecule has 0 aromatic carbocycles. The van der Waals surface area contributed by atoms with Crippen LogP contribution in [0.1, 0.15) is 33.6 Å². The summed E-state index contributed by atoms with van der Waals surface area (Å²) < 4.78 is 0. The van der Waals surface area contributed by atoms with Crippen LogP contribution in [0.2, 0.25) is 0 Å². The molecule has 3 heteroatoms. The Labute approximate surface area is 73.5 Å². The Morgan fingerprint density at radius 1 is 1.55 bits per heavy atom. The quantitative estimate of drug-likeness (QED) is 0.478. The maximum absolute atomic E-state index is 10.8. The highest BCUT2D eigenvalue weighted by Gasteiger charge is 2.12. The van der Waals surface area contributed by atoms with Crippen molar-refractivity contribution in [2.75, 3.05) is 6.54 Å². The summed E-state index contributed by atoms with van der Waals surface area (Å²) in [4.78, 5) is 12.5. The minimum Gasteiger partial charge on any atom is -0.327 e. The minimum absolute atomic E-state index is 0.214. The van der Waals surface area contributed by atoms with Gasteiger partial charge in [0.15, 0.2) is 0 Å². The van der Waals surface area contributed by atoms with E-state index in [2.05, 4.69) is 6.92 Å². The van der Waals surface area contributed by atoms with E-state index in [0.29, 0.717) is 0 Å². The molecule has 0 fully saturated rings. The summed E-state index contributed by atoms with van der Waals surface area (Å²) >= 11 is 5.36. The van der Waals surface area contributed by atoms with Crippen LogP contribution < -0.4 is 0 Å². The molecule has 66 valence electrons. The molecule has 0 bridgehead atoms. The number of nitrogens with zero attached hydrogens (tertiary/aromatic N) is 1. The molecule has 0 rings (SSSR count). The predicted molar refractivity (Wildman–Crippen MR) is 48.0 cm³/mol. The fraction of sp³-hybridized carbons (Fsp3) is 0.875. The molecule has 0 radical (unpaired) electrons. The lowest BCUT2D eigenvalue weighted by molar-refractivity contribution is 0.206. The van der Waals surface area contributed by atoms with Crippen molar-refractivity contribution in [2.45, 2.75) is 39.7 Å². The van der Waals surface area contributed by atoms with E-state index in [1.807, 2.05) is 13.8 Å². The molecular formula is C8H16ClNO. The van der Waals surface area contributed by atoms with Crippen molar-refractivity contribution in [1.82, 2.24) is 4.90 Å². The Balaban J connectivity index is 3.80. The van der Waals surface area contributed by atoms with Crippen LogP contribution in [0.3, 0.4) is 0 Å². The molecule has 0 saturated carbocycles. The molecule has 0 unspecified atom stereocenters. The van der Waals surface area contributed by atoms with Gasteiger partial charge in [-0.3, -0.25) is 4.79 Å². The summed E-state index contributed by atoms with van der Waals surface area (Å²) in [6.45, 7) is 6.81. The van der Waals surface area contributed by atoms with Gasteiger partial charge in [-0.25, -0.2) is 0 Å². The van der Waals surface area contributed by atoms with E-state index >= 15 is 0 Å². The fourth-order valence-corrected chi connectivity index (χ4v) is 1.16. The molecule has 0 saturated heterocycles. The van der Waals surface area contributed by atoms with Crippen molar-refractivity contribution < 1.29 is 4.79 Å². The van der Waals surface area contributed by atoms with Gasteiger partial charge in [-0.2, -0.15) is 0 Å². The molecule has 0 aromatic rings. The number of hydrogen-bond donors (Lipinski definition) is 0.